The van der Waals surface area contributed by atoms with Crippen LogP contribution in [0.25, 0.3) is 6.08 Å². The fourth-order valence-electron chi connectivity index (χ4n) is 3.70. The lowest BCUT2D eigenvalue weighted by Gasteiger charge is -2.37. The quantitative estimate of drug-likeness (QED) is 0.547. The minimum absolute atomic E-state index is 0.374. The highest BCUT2D eigenvalue weighted by Gasteiger charge is 2.35. The van der Waals surface area contributed by atoms with E-state index in [1.165, 1.54) is 6.92 Å². The van der Waals surface area contributed by atoms with E-state index < -0.39 is 0 Å². The van der Waals surface area contributed by atoms with Crippen LogP contribution in [-0.2, 0) is 10.2 Å². The Kier molecular flexibility index (Phi) is 6.69. The van der Waals surface area contributed by atoms with Gasteiger partial charge < -0.3 is 9.47 Å². The largest absolute Gasteiger partial charge is 0.493 e. The zero-order valence-corrected chi connectivity index (χ0v) is 16.9. The van der Waals surface area contributed by atoms with Crippen LogP contribution in [0.1, 0.15) is 30.9 Å². The van der Waals surface area contributed by atoms with Gasteiger partial charge in [0.1, 0.15) is 0 Å². The standard InChI is InChI=1S/C24H26N2O3/c1-19(27)29-22-11-10-20(17-23(22)28-2)7-6-14-26-15-12-24(18-25,13-16-26)21-8-4-3-5-9-21/h3-11,17H,12-16H2,1-2H3/b7-6-. The molecule has 0 unspecified atom stereocenters. The molecule has 1 aliphatic heterocycles. The molecule has 150 valence electrons. The van der Waals surface area contributed by atoms with Crippen molar-refractivity contribution in [3.63, 3.8) is 0 Å². The summed E-state index contributed by atoms with van der Waals surface area (Å²) in [7, 11) is 1.55. The Morgan fingerprint density at radius 1 is 1.17 bits per heavy atom. The Balaban J connectivity index is 1.58. The van der Waals surface area contributed by atoms with Crippen LogP contribution in [0.4, 0.5) is 0 Å². The van der Waals surface area contributed by atoms with Crippen molar-refractivity contribution < 1.29 is 14.3 Å². The Bertz CT molecular complexity index is 907. The molecule has 0 amide bonds. The molecular weight excluding hydrogens is 364 g/mol. The number of methoxy groups -OCH3 is 1. The second kappa shape index (κ2) is 9.40. The average Bonchev–Trinajstić information content (AvgIpc) is 2.75. The van der Waals surface area contributed by atoms with Gasteiger partial charge in [-0.2, -0.15) is 5.26 Å². The molecule has 0 radical (unpaired) electrons. The summed E-state index contributed by atoms with van der Waals surface area (Å²) < 4.78 is 10.4. The summed E-state index contributed by atoms with van der Waals surface area (Å²) in [4.78, 5) is 13.5. The Morgan fingerprint density at radius 2 is 1.90 bits per heavy atom. The second-order valence-corrected chi connectivity index (χ2v) is 7.27. The molecule has 0 aromatic heterocycles. The molecule has 5 nitrogen and oxygen atoms in total. The number of carbonyl (C=O) groups is 1. The van der Waals surface area contributed by atoms with Gasteiger partial charge in [0.25, 0.3) is 0 Å². The third kappa shape index (κ3) is 5.04. The highest BCUT2D eigenvalue weighted by atomic mass is 16.6. The van der Waals surface area contributed by atoms with Crippen LogP contribution in [0.5, 0.6) is 11.5 Å². The number of ether oxygens (including phenoxy) is 2. The van der Waals surface area contributed by atoms with E-state index >= 15 is 0 Å². The molecular formula is C24H26N2O3. The molecule has 1 heterocycles. The van der Waals surface area contributed by atoms with Crippen molar-refractivity contribution in [3.05, 3.63) is 65.7 Å². The average molecular weight is 390 g/mol. The van der Waals surface area contributed by atoms with Crippen LogP contribution in [-0.4, -0.2) is 37.6 Å². The lowest BCUT2D eigenvalue weighted by atomic mass is 9.74. The number of rotatable bonds is 6. The maximum absolute atomic E-state index is 11.2. The third-order valence-electron chi connectivity index (χ3n) is 5.37. The predicted octanol–water partition coefficient (Wildman–Crippen LogP) is 4.19. The number of hydrogen-bond acceptors (Lipinski definition) is 5. The maximum atomic E-state index is 11.2. The Morgan fingerprint density at radius 3 is 2.52 bits per heavy atom. The van der Waals surface area contributed by atoms with E-state index in [0.717, 1.165) is 43.6 Å². The van der Waals surface area contributed by atoms with Gasteiger partial charge in [0.15, 0.2) is 11.5 Å². The third-order valence-corrected chi connectivity index (χ3v) is 5.37. The Hall–Kier alpha value is -3.10. The van der Waals surface area contributed by atoms with Crippen molar-refractivity contribution in [2.75, 3.05) is 26.7 Å². The molecule has 2 aromatic rings. The van der Waals surface area contributed by atoms with E-state index in [1.54, 1.807) is 13.2 Å². The fraction of sp³-hybridized carbons (Fsp3) is 0.333. The minimum Gasteiger partial charge on any atom is -0.493 e. The van der Waals surface area contributed by atoms with Gasteiger partial charge in [0.2, 0.25) is 0 Å². The number of esters is 1. The monoisotopic (exact) mass is 390 g/mol. The lowest BCUT2D eigenvalue weighted by Crippen LogP contribution is -2.41. The van der Waals surface area contributed by atoms with Gasteiger partial charge >= 0.3 is 5.97 Å². The molecule has 0 saturated carbocycles. The van der Waals surface area contributed by atoms with Gasteiger partial charge in [-0.25, -0.2) is 0 Å². The van der Waals surface area contributed by atoms with Crippen molar-refractivity contribution in [3.8, 4) is 17.6 Å². The summed E-state index contributed by atoms with van der Waals surface area (Å²) in [5, 5.41) is 9.81. The van der Waals surface area contributed by atoms with Crippen LogP contribution in [0.2, 0.25) is 0 Å². The second-order valence-electron chi connectivity index (χ2n) is 7.27. The zero-order valence-electron chi connectivity index (χ0n) is 16.9. The first-order valence-electron chi connectivity index (χ1n) is 9.78. The van der Waals surface area contributed by atoms with E-state index in [-0.39, 0.29) is 11.4 Å². The number of nitriles is 1. The summed E-state index contributed by atoms with van der Waals surface area (Å²) in [6.45, 7) is 3.97. The number of piperidine rings is 1. The number of hydrogen-bond donors (Lipinski definition) is 0. The number of benzene rings is 2. The molecule has 2 aromatic carbocycles. The van der Waals surface area contributed by atoms with E-state index in [4.69, 9.17) is 9.47 Å². The molecule has 29 heavy (non-hydrogen) atoms. The highest BCUT2D eigenvalue weighted by Crippen LogP contribution is 2.35. The van der Waals surface area contributed by atoms with E-state index in [9.17, 15) is 10.1 Å². The molecule has 0 N–H and O–H groups in total. The molecule has 0 aliphatic carbocycles. The summed E-state index contributed by atoms with van der Waals surface area (Å²) in [5.41, 5.74) is 1.73. The molecule has 3 rings (SSSR count). The van der Waals surface area contributed by atoms with Crippen LogP contribution in [0, 0.1) is 11.3 Å². The highest BCUT2D eigenvalue weighted by molar-refractivity contribution is 5.71. The fourth-order valence-corrected chi connectivity index (χ4v) is 3.70. The first-order chi connectivity index (χ1) is 14.1. The first kappa shape index (κ1) is 20.6. The number of nitrogens with zero attached hydrogens (tertiary/aromatic N) is 2. The normalized spacial score (nSPS) is 16.3. The first-order valence-corrected chi connectivity index (χ1v) is 9.78. The molecule has 1 aliphatic rings. The SMILES string of the molecule is COc1cc(/C=C\CN2CCC(C#N)(c3ccccc3)CC2)ccc1OC(C)=O. The molecule has 0 bridgehead atoms. The van der Waals surface area contributed by atoms with Crippen LogP contribution < -0.4 is 9.47 Å². The van der Waals surface area contributed by atoms with Gasteiger partial charge in [0.05, 0.1) is 18.6 Å². The van der Waals surface area contributed by atoms with E-state index in [1.807, 2.05) is 36.4 Å². The van der Waals surface area contributed by atoms with Crippen molar-refractivity contribution in [2.24, 2.45) is 0 Å². The van der Waals surface area contributed by atoms with Gasteiger partial charge in [0, 0.05) is 26.6 Å². The van der Waals surface area contributed by atoms with Gasteiger partial charge in [-0.15, -0.1) is 0 Å². The summed E-state index contributed by atoms with van der Waals surface area (Å²) in [6, 6.07) is 18.2. The molecule has 1 fully saturated rings. The summed E-state index contributed by atoms with van der Waals surface area (Å²) in [5.74, 6) is 0.574. The maximum Gasteiger partial charge on any atom is 0.308 e. The van der Waals surface area contributed by atoms with Gasteiger partial charge in [-0.3, -0.25) is 9.69 Å². The topological polar surface area (TPSA) is 62.6 Å². The van der Waals surface area contributed by atoms with Gasteiger partial charge in [-0.1, -0.05) is 48.6 Å². The van der Waals surface area contributed by atoms with Gasteiger partial charge in [-0.05, 0) is 36.1 Å². The molecule has 1 saturated heterocycles. The number of carbonyl (C=O) groups excluding carboxylic acids is 1. The van der Waals surface area contributed by atoms with Crippen molar-refractivity contribution in [1.29, 1.82) is 5.26 Å². The molecule has 5 heteroatoms. The predicted molar refractivity (Wildman–Crippen MR) is 113 cm³/mol. The number of likely N-dealkylation sites (tertiary alicyclic amines) is 1. The zero-order chi connectivity index (χ0) is 20.7. The smallest absolute Gasteiger partial charge is 0.308 e. The molecule has 0 atom stereocenters. The lowest BCUT2D eigenvalue weighted by molar-refractivity contribution is -0.132. The van der Waals surface area contributed by atoms with Crippen LogP contribution in [0.3, 0.4) is 0 Å². The van der Waals surface area contributed by atoms with Crippen molar-refractivity contribution >= 4 is 12.0 Å². The summed E-state index contributed by atoms with van der Waals surface area (Å²) in [6.07, 6.45) is 5.82. The van der Waals surface area contributed by atoms with Crippen LogP contribution >= 0.6 is 0 Å². The minimum atomic E-state index is -0.374. The molecule has 0 spiro atoms. The van der Waals surface area contributed by atoms with Crippen molar-refractivity contribution in [2.45, 2.75) is 25.2 Å². The Labute approximate surface area is 172 Å². The van der Waals surface area contributed by atoms with Crippen molar-refractivity contribution in [1.82, 2.24) is 4.90 Å². The van der Waals surface area contributed by atoms with E-state index in [0.29, 0.717) is 11.5 Å². The summed E-state index contributed by atoms with van der Waals surface area (Å²) >= 11 is 0. The van der Waals surface area contributed by atoms with Crippen LogP contribution in [0.15, 0.2) is 54.6 Å². The van der Waals surface area contributed by atoms with E-state index in [2.05, 4.69) is 29.2 Å².